The minimum absolute atomic E-state index is 0.473. The molecule has 1 aliphatic rings. The van der Waals surface area contributed by atoms with Crippen molar-refractivity contribution in [2.45, 2.75) is 38.8 Å². The van der Waals surface area contributed by atoms with E-state index in [2.05, 4.69) is 23.8 Å². The Morgan fingerprint density at radius 3 is 2.55 bits per heavy atom. The summed E-state index contributed by atoms with van der Waals surface area (Å²) in [6.45, 7) is 7.44. The molecule has 112 valence electrons. The van der Waals surface area contributed by atoms with Crippen molar-refractivity contribution < 1.29 is 5.11 Å². The Kier molecular flexibility index (Phi) is 5.30. The molecule has 3 nitrogen and oxygen atoms in total. The highest BCUT2D eigenvalue weighted by Crippen LogP contribution is 2.31. The predicted octanol–water partition coefficient (Wildman–Crippen LogP) is 3.31. The van der Waals surface area contributed by atoms with Gasteiger partial charge in [0.25, 0.3) is 0 Å². The van der Waals surface area contributed by atoms with Gasteiger partial charge in [0.05, 0.1) is 16.8 Å². The van der Waals surface area contributed by atoms with Crippen molar-refractivity contribution in [2.75, 3.05) is 31.6 Å². The topological polar surface area (TPSA) is 26.7 Å². The number of likely N-dealkylation sites (tertiary alicyclic amines) is 1. The van der Waals surface area contributed by atoms with Gasteiger partial charge in [-0.25, -0.2) is 0 Å². The molecule has 0 unspecified atom stereocenters. The van der Waals surface area contributed by atoms with Gasteiger partial charge < -0.3 is 14.9 Å². The number of aliphatic hydroxyl groups is 1. The minimum Gasteiger partial charge on any atom is -0.389 e. The van der Waals surface area contributed by atoms with Crippen molar-refractivity contribution in [2.24, 2.45) is 0 Å². The third kappa shape index (κ3) is 3.46. The second kappa shape index (κ2) is 6.79. The Morgan fingerprint density at radius 1 is 1.40 bits per heavy atom. The molecule has 1 atom stereocenters. The summed E-state index contributed by atoms with van der Waals surface area (Å²) in [4.78, 5) is 4.78. The quantitative estimate of drug-likeness (QED) is 0.923. The molecule has 1 N–H and O–H groups in total. The van der Waals surface area contributed by atoms with E-state index in [0.29, 0.717) is 6.04 Å². The predicted molar refractivity (Wildman–Crippen MR) is 85.6 cm³/mol. The number of hydrogen-bond acceptors (Lipinski definition) is 3. The van der Waals surface area contributed by atoms with Crippen molar-refractivity contribution in [3.63, 3.8) is 0 Å². The van der Waals surface area contributed by atoms with Gasteiger partial charge in [0, 0.05) is 26.2 Å². The summed E-state index contributed by atoms with van der Waals surface area (Å²) in [5.74, 6) is 0. The van der Waals surface area contributed by atoms with E-state index in [9.17, 15) is 5.11 Å². The zero-order valence-electron chi connectivity index (χ0n) is 12.6. The van der Waals surface area contributed by atoms with Crippen LogP contribution in [0.5, 0.6) is 0 Å². The summed E-state index contributed by atoms with van der Waals surface area (Å²) in [7, 11) is 2.12. The van der Waals surface area contributed by atoms with E-state index in [-0.39, 0.29) is 0 Å². The Balaban J connectivity index is 2.07. The Labute approximate surface area is 127 Å². The van der Waals surface area contributed by atoms with E-state index in [1.165, 1.54) is 12.8 Å². The lowest BCUT2D eigenvalue weighted by atomic mass is 10.0. The van der Waals surface area contributed by atoms with Crippen LogP contribution in [0.1, 0.15) is 38.4 Å². The van der Waals surface area contributed by atoms with E-state index in [1.54, 1.807) is 6.92 Å². The van der Waals surface area contributed by atoms with Gasteiger partial charge in [-0.3, -0.25) is 0 Å². The minimum atomic E-state index is -0.473. The molecular formula is C16H25ClN2O. The molecule has 1 saturated heterocycles. The van der Waals surface area contributed by atoms with Crippen LogP contribution in [0.2, 0.25) is 5.02 Å². The fraction of sp³-hybridized carbons (Fsp3) is 0.625. The van der Waals surface area contributed by atoms with E-state index in [0.717, 1.165) is 35.9 Å². The maximum atomic E-state index is 9.60. The zero-order chi connectivity index (χ0) is 14.7. The maximum absolute atomic E-state index is 9.60. The summed E-state index contributed by atoms with van der Waals surface area (Å²) >= 11 is 6.38. The highest BCUT2D eigenvalue weighted by atomic mass is 35.5. The molecule has 1 heterocycles. The summed E-state index contributed by atoms with van der Waals surface area (Å²) in [5.41, 5.74) is 1.93. The lowest BCUT2D eigenvalue weighted by Gasteiger charge is -2.37. The number of nitrogens with zero attached hydrogens (tertiary/aromatic N) is 2. The van der Waals surface area contributed by atoms with Gasteiger partial charge in [0.1, 0.15) is 0 Å². The molecule has 1 aromatic rings. The maximum Gasteiger partial charge on any atom is 0.0762 e. The Hall–Kier alpha value is -0.770. The summed E-state index contributed by atoms with van der Waals surface area (Å²) in [6.07, 6.45) is 1.89. The number of anilines is 1. The third-order valence-electron chi connectivity index (χ3n) is 4.39. The lowest BCUT2D eigenvalue weighted by Crippen LogP contribution is -2.43. The van der Waals surface area contributed by atoms with Gasteiger partial charge in [0.2, 0.25) is 0 Å². The molecule has 1 aliphatic heterocycles. The monoisotopic (exact) mass is 296 g/mol. The molecule has 0 bridgehead atoms. The fourth-order valence-electron chi connectivity index (χ4n) is 2.89. The molecule has 0 amide bonds. The molecule has 0 aliphatic carbocycles. The number of halogens is 1. The number of hydrogen-bond donors (Lipinski definition) is 1. The third-order valence-corrected chi connectivity index (χ3v) is 4.69. The van der Waals surface area contributed by atoms with Crippen LogP contribution in [0.4, 0.5) is 5.69 Å². The molecule has 1 aromatic carbocycles. The highest BCUT2D eigenvalue weighted by molar-refractivity contribution is 6.33. The molecule has 4 heteroatoms. The van der Waals surface area contributed by atoms with E-state index in [4.69, 9.17) is 11.6 Å². The number of benzene rings is 1. The van der Waals surface area contributed by atoms with Crippen molar-refractivity contribution in [1.82, 2.24) is 4.90 Å². The van der Waals surface area contributed by atoms with Gasteiger partial charge in [0.15, 0.2) is 0 Å². The number of rotatable bonds is 4. The normalized spacial score (nSPS) is 19.1. The first kappa shape index (κ1) is 15.6. The van der Waals surface area contributed by atoms with Crippen LogP contribution in [0, 0.1) is 0 Å². The van der Waals surface area contributed by atoms with Crippen LogP contribution in [-0.2, 0) is 0 Å². The van der Waals surface area contributed by atoms with Crippen LogP contribution >= 0.6 is 11.6 Å². The summed E-state index contributed by atoms with van der Waals surface area (Å²) < 4.78 is 0. The van der Waals surface area contributed by atoms with Crippen molar-refractivity contribution >= 4 is 17.3 Å². The summed E-state index contributed by atoms with van der Waals surface area (Å²) in [6, 6.07) is 6.41. The first-order valence-corrected chi connectivity index (χ1v) is 7.83. The van der Waals surface area contributed by atoms with Crippen molar-refractivity contribution in [1.29, 1.82) is 0 Å². The van der Waals surface area contributed by atoms with Crippen LogP contribution in [0.25, 0.3) is 0 Å². The van der Waals surface area contributed by atoms with Gasteiger partial charge >= 0.3 is 0 Å². The van der Waals surface area contributed by atoms with E-state index >= 15 is 0 Å². The first-order valence-electron chi connectivity index (χ1n) is 7.45. The molecular weight excluding hydrogens is 272 g/mol. The smallest absolute Gasteiger partial charge is 0.0762 e. The number of aliphatic hydroxyl groups excluding tert-OH is 1. The molecule has 0 saturated carbocycles. The van der Waals surface area contributed by atoms with Crippen molar-refractivity contribution in [3.8, 4) is 0 Å². The SMILES string of the molecule is CCN1CCC(N(C)c2ccc([C@H](C)O)cc2Cl)CC1. The lowest BCUT2D eigenvalue weighted by molar-refractivity contribution is 0.199. The summed E-state index contributed by atoms with van der Waals surface area (Å²) in [5, 5.41) is 10.3. The molecule has 0 radical (unpaired) electrons. The van der Waals surface area contributed by atoms with Gasteiger partial charge in [-0.1, -0.05) is 24.6 Å². The fourth-order valence-corrected chi connectivity index (χ4v) is 3.21. The average molecular weight is 297 g/mol. The average Bonchev–Trinajstić information content (AvgIpc) is 2.46. The van der Waals surface area contributed by atoms with Crippen LogP contribution < -0.4 is 4.90 Å². The second-order valence-electron chi connectivity index (χ2n) is 5.66. The van der Waals surface area contributed by atoms with Crippen molar-refractivity contribution in [3.05, 3.63) is 28.8 Å². The molecule has 0 spiro atoms. The first-order chi connectivity index (χ1) is 9.52. The van der Waals surface area contributed by atoms with E-state index in [1.807, 2.05) is 18.2 Å². The second-order valence-corrected chi connectivity index (χ2v) is 6.07. The molecule has 1 fully saturated rings. The van der Waals surface area contributed by atoms with Gasteiger partial charge in [-0.15, -0.1) is 0 Å². The van der Waals surface area contributed by atoms with Crippen LogP contribution in [-0.4, -0.2) is 42.7 Å². The van der Waals surface area contributed by atoms with Gasteiger partial charge in [-0.2, -0.15) is 0 Å². The zero-order valence-corrected chi connectivity index (χ0v) is 13.4. The standard InChI is InChI=1S/C16H25ClN2O/c1-4-19-9-7-14(8-10-19)18(3)16-6-5-13(12(2)20)11-15(16)17/h5-6,11-12,14,20H,4,7-10H2,1-3H3/t12-/m0/s1. The van der Waals surface area contributed by atoms with Crippen LogP contribution in [0.15, 0.2) is 18.2 Å². The van der Waals surface area contributed by atoms with E-state index < -0.39 is 6.10 Å². The number of piperidine rings is 1. The van der Waals surface area contributed by atoms with Gasteiger partial charge in [-0.05, 0) is 44.0 Å². The molecule has 0 aromatic heterocycles. The van der Waals surface area contributed by atoms with Crippen LogP contribution in [0.3, 0.4) is 0 Å². The molecule has 2 rings (SSSR count). The highest BCUT2D eigenvalue weighted by Gasteiger charge is 2.23. The Bertz CT molecular complexity index is 442. The largest absolute Gasteiger partial charge is 0.389 e. The molecule has 20 heavy (non-hydrogen) atoms. The Morgan fingerprint density at radius 2 is 2.05 bits per heavy atom.